The molecule has 0 amide bonds. The highest BCUT2D eigenvalue weighted by Crippen LogP contribution is 2.39. The summed E-state index contributed by atoms with van der Waals surface area (Å²) in [5, 5.41) is 9.36. The van der Waals surface area contributed by atoms with Crippen molar-refractivity contribution in [2.24, 2.45) is 0 Å². The first-order chi connectivity index (χ1) is 65.7. The van der Waals surface area contributed by atoms with Gasteiger partial charge in [-0.2, -0.15) is 0 Å². The number of benzene rings is 7. The van der Waals surface area contributed by atoms with Crippen LogP contribution < -0.4 is 25.6 Å². The van der Waals surface area contributed by atoms with Gasteiger partial charge in [0.2, 0.25) is 23.8 Å². The lowest BCUT2D eigenvalue weighted by Crippen LogP contribution is -2.37. The van der Waals surface area contributed by atoms with Crippen LogP contribution in [0.1, 0.15) is 52.8 Å². The Hall–Kier alpha value is -16.0. The Balaban J connectivity index is 0.000000125. The zero-order valence-corrected chi connectivity index (χ0v) is 74.9. The minimum Gasteiger partial charge on any atom is -0.497 e. The van der Waals surface area contributed by atoms with Gasteiger partial charge in [-0.1, -0.05) is 44.2 Å². The van der Waals surface area contributed by atoms with Gasteiger partial charge in [-0.05, 0) is 275 Å². The Morgan fingerprint density at radius 2 is 0.704 bits per heavy atom. The first-order valence-electron chi connectivity index (χ1n) is 43.8. The third-order valence-electron chi connectivity index (χ3n) is 22.3. The van der Waals surface area contributed by atoms with Crippen LogP contribution in [0.4, 0.5) is 54.5 Å². The van der Waals surface area contributed by atoms with Crippen molar-refractivity contribution < 1.29 is 40.2 Å². The lowest BCUT2D eigenvalue weighted by Gasteiger charge is -2.26. The highest BCUT2D eigenvalue weighted by molar-refractivity contribution is 5.85. The summed E-state index contributed by atoms with van der Waals surface area (Å²) in [7, 11) is 9.75. The summed E-state index contributed by atoms with van der Waals surface area (Å²) in [6, 6.07) is 66.6. The molecular weight excluding hydrogens is 1720 g/mol. The van der Waals surface area contributed by atoms with E-state index in [0.29, 0.717) is 77.3 Å². The van der Waals surface area contributed by atoms with Gasteiger partial charge in [0.05, 0.1) is 88.7 Å². The molecule has 1 fully saturated rings. The molecule has 0 radical (unpaired) electrons. The van der Waals surface area contributed by atoms with E-state index in [4.69, 9.17) is 44.4 Å². The van der Waals surface area contributed by atoms with Crippen LogP contribution in [0, 0.1) is 40.7 Å². The summed E-state index contributed by atoms with van der Waals surface area (Å²) in [4.78, 5) is 62.2. The summed E-state index contributed by atoms with van der Waals surface area (Å²) in [5.74, 6) is 0.0807. The fourth-order valence-corrected chi connectivity index (χ4v) is 15.7. The van der Waals surface area contributed by atoms with Gasteiger partial charge >= 0.3 is 0 Å². The van der Waals surface area contributed by atoms with E-state index < -0.39 is 11.6 Å². The minimum absolute atomic E-state index is 0.0187. The lowest BCUT2D eigenvalue weighted by atomic mass is 10.1. The Kier molecular flexibility index (Phi) is 28.0. The van der Waals surface area contributed by atoms with Gasteiger partial charge in [0.25, 0.3) is 0 Å². The number of aryl methyl sites for hydroxylation is 2. The Bertz CT molecular complexity index is 7370. The molecular formula is C104H93F7N22O2. The van der Waals surface area contributed by atoms with Crippen molar-refractivity contribution in [1.29, 1.82) is 0 Å². The molecule has 135 heavy (non-hydrogen) atoms. The molecule has 0 bridgehead atoms. The molecule has 0 spiro atoms. The van der Waals surface area contributed by atoms with Crippen molar-refractivity contribution in [2.45, 2.75) is 59.4 Å². The van der Waals surface area contributed by atoms with Crippen molar-refractivity contribution >= 4 is 46.4 Å². The van der Waals surface area contributed by atoms with Crippen LogP contribution in [0.5, 0.6) is 5.75 Å². The van der Waals surface area contributed by atoms with E-state index in [9.17, 15) is 30.7 Å². The highest BCUT2D eigenvalue weighted by Gasteiger charge is 2.26. The number of rotatable bonds is 25. The highest BCUT2D eigenvalue weighted by atomic mass is 19.2. The number of hydrogen-bond acceptors (Lipinski definition) is 20. The number of nitrogens with zero attached hydrogens (tertiary/aromatic N) is 19. The number of pyridine rings is 4. The maximum Gasteiger partial charge on any atom is 0.226 e. The van der Waals surface area contributed by atoms with Crippen molar-refractivity contribution in [3.8, 4) is 96.3 Å². The third kappa shape index (κ3) is 21.6. The van der Waals surface area contributed by atoms with Crippen molar-refractivity contribution in [3.63, 3.8) is 0 Å². The molecule has 1 saturated heterocycles. The van der Waals surface area contributed by atoms with E-state index >= 15 is 0 Å². The average Bonchev–Trinajstić information content (AvgIpc) is 1.63. The second-order valence-corrected chi connectivity index (χ2v) is 32.4. The number of halogens is 7. The molecule has 12 aromatic heterocycles. The number of ether oxygens (including phenoxy) is 2. The topological polar surface area (TPSA) is 237 Å². The predicted octanol–water partition coefficient (Wildman–Crippen LogP) is 20.7. The van der Waals surface area contributed by atoms with Gasteiger partial charge in [-0.25, -0.2) is 90.5 Å². The Morgan fingerprint density at radius 1 is 0.341 bits per heavy atom. The Morgan fingerprint density at radius 3 is 1.10 bits per heavy atom. The smallest absolute Gasteiger partial charge is 0.226 e. The molecule has 13 heterocycles. The monoisotopic (exact) mass is 1810 g/mol. The number of morpholine rings is 1. The van der Waals surface area contributed by atoms with Crippen LogP contribution in [0.3, 0.4) is 0 Å². The van der Waals surface area contributed by atoms with Crippen LogP contribution in [-0.4, -0.2) is 149 Å². The van der Waals surface area contributed by atoms with Gasteiger partial charge in [-0.3, -0.25) is 17.6 Å². The second-order valence-electron chi connectivity index (χ2n) is 32.4. The van der Waals surface area contributed by atoms with Gasteiger partial charge in [0, 0.05) is 129 Å². The maximum absolute atomic E-state index is 14.0. The summed E-state index contributed by atoms with van der Waals surface area (Å²) in [6.07, 6.45) is 16.5. The van der Waals surface area contributed by atoms with Gasteiger partial charge in [0.1, 0.15) is 69.1 Å². The van der Waals surface area contributed by atoms with Crippen LogP contribution in [0.2, 0.25) is 0 Å². The predicted molar refractivity (Wildman–Crippen MR) is 511 cm³/mol. The number of hydrogen-bond donors (Lipinski definition) is 3. The summed E-state index contributed by atoms with van der Waals surface area (Å²) < 4.78 is 115. The van der Waals surface area contributed by atoms with Gasteiger partial charge in [0.15, 0.2) is 0 Å². The van der Waals surface area contributed by atoms with E-state index in [1.165, 1.54) is 60.2 Å². The number of nitrogens with one attached hydrogen (secondary N) is 3. The van der Waals surface area contributed by atoms with Crippen LogP contribution in [0.15, 0.2) is 286 Å². The van der Waals surface area contributed by atoms with Gasteiger partial charge < -0.3 is 40.1 Å². The quantitative estimate of drug-likeness (QED) is 0.0451. The first kappa shape index (κ1) is 90.9. The molecule has 1 aliphatic heterocycles. The molecule has 0 saturated carbocycles. The molecule has 20 rings (SSSR count). The number of fused-ring (bicyclic) bond motifs is 4. The number of aromatic nitrogens is 16. The summed E-state index contributed by atoms with van der Waals surface area (Å²) >= 11 is 0. The van der Waals surface area contributed by atoms with Crippen molar-refractivity contribution in [2.75, 3.05) is 82.5 Å². The van der Waals surface area contributed by atoms with Crippen molar-refractivity contribution in [1.82, 2.24) is 87.2 Å². The fourth-order valence-electron chi connectivity index (χ4n) is 15.7. The largest absolute Gasteiger partial charge is 0.497 e. The van der Waals surface area contributed by atoms with E-state index in [1.807, 2.05) is 131 Å². The SMILES string of the molecule is CCc1ccn2c(-c3ccnc(N4CCOCC4)n3)c(-c3ccc(F)cc3)nc2c1.CCc1ccn2c(-c3ccnc(NCc4cc(F)ccc4F)n3)c(-c3ccc(F)cc3)nc2c1.CN(C)Cc1ccn2c(-c3ccnc(NCc4ccccc4F)n3)c(-c3ccc(F)cc3)nc2c1.COc1cccc(CNc2nccc(-c3c(-c4ccc(F)cc4)nc4cc(CN(C)C)ccn34)n2)c1. The maximum atomic E-state index is 14.0. The number of imidazole rings is 4. The molecule has 31 heteroatoms. The zero-order chi connectivity index (χ0) is 93.6. The molecule has 7 aromatic carbocycles. The van der Waals surface area contributed by atoms with E-state index in [1.54, 1.807) is 111 Å². The van der Waals surface area contributed by atoms with E-state index in [0.717, 1.165) is 164 Å². The summed E-state index contributed by atoms with van der Waals surface area (Å²) in [5.41, 5.74) is 21.4. The zero-order valence-electron chi connectivity index (χ0n) is 74.9. The molecule has 0 unspecified atom stereocenters. The van der Waals surface area contributed by atoms with E-state index in [2.05, 4.69) is 93.7 Å². The molecule has 3 N–H and O–H groups in total. The van der Waals surface area contributed by atoms with Crippen LogP contribution in [-0.2, 0) is 50.3 Å². The molecule has 19 aromatic rings. The fraction of sp³-hybridized carbons (Fsp3) is 0.173. The normalized spacial score (nSPS) is 12.0. The number of anilines is 4. The molecule has 0 atom stereocenters. The molecule has 0 aliphatic carbocycles. The lowest BCUT2D eigenvalue weighted by molar-refractivity contribution is 0.122. The summed E-state index contributed by atoms with van der Waals surface area (Å²) in [6.45, 7) is 9.46. The van der Waals surface area contributed by atoms with Crippen molar-refractivity contribution in [3.05, 3.63) is 366 Å². The molecule has 1 aliphatic rings. The molecule has 24 nitrogen and oxygen atoms in total. The number of methoxy groups -OCH3 is 1. The first-order valence-corrected chi connectivity index (χ1v) is 43.8. The van der Waals surface area contributed by atoms with Crippen LogP contribution >= 0.6 is 0 Å². The minimum atomic E-state index is -0.519. The van der Waals surface area contributed by atoms with Crippen LogP contribution in [0.25, 0.3) is 113 Å². The van der Waals surface area contributed by atoms with E-state index in [-0.39, 0.29) is 53.7 Å². The van der Waals surface area contributed by atoms with Gasteiger partial charge in [-0.15, -0.1) is 0 Å². The third-order valence-corrected chi connectivity index (χ3v) is 22.3. The second kappa shape index (κ2) is 41.6. The average molecular weight is 1820 g/mol. The Labute approximate surface area is 773 Å². The molecule has 680 valence electrons. The standard InChI is InChI=1S/C28H27FN6O.C27H24F2N6.C26H20F3N5.C23H22FN5O/c1-34(2)18-20-12-14-35-25(16-20)33-26(21-7-9-22(29)10-8-21)27(35)24-11-13-30-28(32-24)31-17-19-5-4-6-23(15-19)36-3;1-34(2)17-18-12-14-35-24(15-18)33-25(19-7-9-21(28)10-8-19)26(35)23-11-13-30-27(32-23)31-16-20-5-3-4-6-22(20)29;1-2-16-10-12-34-23(13-16)33-24(17-3-5-19(27)6-4-17)25(34)22-9-11-30-26(32-22)31-15-18-14-20(28)7-8-21(18)29;1-2-16-8-10-29-20(15-16)27-21(17-3-5-18(24)6-4-17)22(29)19-7-9-25-23(26-19)28-11-13-30-14-12-28/h4-16H,17-18H2,1-3H3,(H,30,31,32);3-15H,16-17H2,1-2H3,(H,30,31,32);3-14H,2,15H2,1H3,(H,30,31,32);3-10,15H,2,11-14H2,1H3.